The van der Waals surface area contributed by atoms with Gasteiger partial charge < -0.3 is 5.11 Å². The van der Waals surface area contributed by atoms with Gasteiger partial charge in [0, 0.05) is 6.07 Å². The SMILES string of the molecule is Oc1ccc(F)[c]n1. The van der Waals surface area contributed by atoms with Crippen molar-refractivity contribution < 1.29 is 9.50 Å². The van der Waals surface area contributed by atoms with E-state index in [1.165, 1.54) is 0 Å². The smallest absolute Gasteiger partial charge is 0.211 e. The number of rotatable bonds is 0. The third-order valence-electron chi connectivity index (χ3n) is 0.656. The van der Waals surface area contributed by atoms with Crippen LogP contribution in [0, 0.1) is 12.0 Å². The van der Waals surface area contributed by atoms with Gasteiger partial charge in [-0.15, -0.1) is 0 Å². The monoisotopic (exact) mass is 112 g/mol. The van der Waals surface area contributed by atoms with Crippen molar-refractivity contribution in [3.8, 4) is 5.88 Å². The molecule has 1 aromatic heterocycles. The number of halogens is 1. The number of hydrogen-bond donors (Lipinski definition) is 1. The second-order valence-corrected chi connectivity index (χ2v) is 1.26. The van der Waals surface area contributed by atoms with Gasteiger partial charge in [-0.1, -0.05) is 0 Å². The Morgan fingerprint density at radius 3 is 2.75 bits per heavy atom. The summed E-state index contributed by atoms with van der Waals surface area (Å²) in [6.45, 7) is 0. The lowest BCUT2D eigenvalue weighted by atomic mass is 10.5. The van der Waals surface area contributed by atoms with Gasteiger partial charge in [0.15, 0.2) is 5.82 Å². The van der Waals surface area contributed by atoms with Crippen LogP contribution in [-0.2, 0) is 0 Å². The molecule has 1 radical (unpaired) electrons. The quantitative estimate of drug-likeness (QED) is 0.536. The van der Waals surface area contributed by atoms with Gasteiger partial charge in [-0.3, -0.25) is 0 Å². The standard InChI is InChI=1S/C5H3FNO/c6-4-1-2-5(8)7-3-4/h1-2H,(H,7,8). The Hall–Kier alpha value is -1.12. The van der Waals surface area contributed by atoms with Crippen LogP contribution in [0.3, 0.4) is 0 Å². The molecule has 0 unspecified atom stereocenters. The van der Waals surface area contributed by atoms with Crippen molar-refractivity contribution in [1.82, 2.24) is 4.98 Å². The third kappa shape index (κ3) is 0.932. The Kier molecular flexibility index (Phi) is 1.12. The minimum absolute atomic E-state index is 0.216. The van der Waals surface area contributed by atoms with Crippen molar-refractivity contribution in [2.75, 3.05) is 0 Å². The molecule has 1 rings (SSSR count). The zero-order chi connectivity index (χ0) is 5.98. The Balaban J connectivity index is 3.03. The lowest BCUT2D eigenvalue weighted by Crippen LogP contribution is -1.75. The van der Waals surface area contributed by atoms with E-state index >= 15 is 0 Å². The van der Waals surface area contributed by atoms with E-state index in [0.717, 1.165) is 12.1 Å². The number of aromatic nitrogens is 1. The normalized spacial score (nSPS) is 9.12. The number of nitrogens with zero attached hydrogens (tertiary/aromatic N) is 1. The number of pyridine rings is 1. The van der Waals surface area contributed by atoms with E-state index in [4.69, 9.17) is 5.11 Å². The predicted molar refractivity (Wildman–Crippen MR) is 24.7 cm³/mol. The van der Waals surface area contributed by atoms with Crippen LogP contribution in [0.5, 0.6) is 5.88 Å². The van der Waals surface area contributed by atoms with Crippen LogP contribution < -0.4 is 0 Å². The first kappa shape index (κ1) is 5.03. The molecular weight excluding hydrogens is 109 g/mol. The van der Waals surface area contributed by atoms with Crippen LogP contribution in [0.1, 0.15) is 0 Å². The molecule has 1 aromatic rings. The summed E-state index contributed by atoms with van der Waals surface area (Å²) in [6.07, 6.45) is 1.93. The molecule has 0 fully saturated rings. The van der Waals surface area contributed by atoms with Crippen LogP contribution in [0.2, 0.25) is 0 Å². The molecule has 0 aromatic carbocycles. The fourth-order valence-corrected chi connectivity index (χ4v) is 0.333. The molecule has 0 bridgehead atoms. The van der Waals surface area contributed by atoms with E-state index in [0.29, 0.717) is 0 Å². The van der Waals surface area contributed by atoms with Crippen LogP contribution in [-0.4, -0.2) is 10.1 Å². The molecule has 2 nitrogen and oxygen atoms in total. The lowest BCUT2D eigenvalue weighted by Gasteiger charge is -1.84. The van der Waals surface area contributed by atoms with Crippen molar-refractivity contribution in [3.63, 3.8) is 0 Å². The largest absolute Gasteiger partial charge is 0.493 e. The highest BCUT2D eigenvalue weighted by Gasteiger charge is 1.88. The van der Waals surface area contributed by atoms with Gasteiger partial charge in [0.2, 0.25) is 5.88 Å². The summed E-state index contributed by atoms with van der Waals surface area (Å²) < 4.78 is 11.9. The van der Waals surface area contributed by atoms with E-state index in [-0.39, 0.29) is 5.88 Å². The third-order valence-corrected chi connectivity index (χ3v) is 0.656. The highest BCUT2D eigenvalue weighted by molar-refractivity contribution is 5.07. The predicted octanol–water partition coefficient (Wildman–Crippen LogP) is 0.726. The molecule has 0 aliphatic rings. The van der Waals surface area contributed by atoms with Crippen molar-refractivity contribution in [2.24, 2.45) is 0 Å². The first-order valence-electron chi connectivity index (χ1n) is 2.02. The first-order valence-corrected chi connectivity index (χ1v) is 2.02. The summed E-state index contributed by atoms with van der Waals surface area (Å²) in [5.74, 6) is -0.783. The Bertz CT molecular complexity index is 151. The Labute approximate surface area is 45.6 Å². The molecule has 0 spiro atoms. The lowest BCUT2D eigenvalue weighted by molar-refractivity contribution is 0.449. The highest BCUT2D eigenvalue weighted by atomic mass is 19.1. The highest BCUT2D eigenvalue weighted by Crippen LogP contribution is 2.00. The molecule has 0 aliphatic heterocycles. The van der Waals surface area contributed by atoms with E-state index < -0.39 is 5.82 Å². The molecule has 0 saturated carbocycles. The summed E-state index contributed by atoms with van der Waals surface area (Å²) in [7, 11) is 0. The molecule has 0 saturated heterocycles. The summed E-state index contributed by atoms with van der Waals surface area (Å²) in [6, 6.07) is 2.24. The van der Waals surface area contributed by atoms with E-state index in [1.54, 1.807) is 0 Å². The molecular formula is C5H3FNO. The van der Waals surface area contributed by atoms with Gasteiger partial charge >= 0.3 is 0 Å². The maximum atomic E-state index is 11.9. The second kappa shape index (κ2) is 1.78. The van der Waals surface area contributed by atoms with Crippen molar-refractivity contribution in [3.05, 3.63) is 24.1 Å². The fraction of sp³-hybridized carbons (Fsp3) is 0. The summed E-state index contributed by atoms with van der Waals surface area (Å²) in [5, 5.41) is 8.45. The van der Waals surface area contributed by atoms with Gasteiger partial charge in [0.25, 0.3) is 0 Å². The minimum Gasteiger partial charge on any atom is -0.493 e. The molecule has 1 N–H and O–H groups in total. The summed E-state index contributed by atoms with van der Waals surface area (Å²) >= 11 is 0. The van der Waals surface area contributed by atoms with Gasteiger partial charge in [-0.25, -0.2) is 9.37 Å². The van der Waals surface area contributed by atoms with E-state index in [1.807, 2.05) is 6.20 Å². The van der Waals surface area contributed by atoms with Gasteiger partial charge in [0.1, 0.15) is 6.20 Å². The first-order chi connectivity index (χ1) is 3.79. The maximum absolute atomic E-state index is 11.9. The van der Waals surface area contributed by atoms with Gasteiger partial charge in [0.05, 0.1) is 0 Å². The molecule has 1 heterocycles. The molecule has 0 amide bonds. The average molecular weight is 112 g/mol. The van der Waals surface area contributed by atoms with E-state index in [2.05, 4.69) is 4.98 Å². The molecule has 3 heteroatoms. The maximum Gasteiger partial charge on any atom is 0.211 e. The van der Waals surface area contributed by atoms with Gasteiger partial charge in [-0.2, -0.15) is 0 Å². The Morgan fingerprint density at radius 2 is 2.38 bits per heavy atom. The van der Waals surface area contributed by atoms with Gasteiger partial charge in [-0.05, 0) is 6.07 Å². The summed E-state index contributed by atoms with van der Waals surface area (Å²) in [4.78, 5) is 3.13. The molecule has 41 valence electrons. The van der Waals surface area contributed by atoms with Crippen molar-refractivity contribution in [2.45, 2.75) is 0 Å². The van der Waals surface area contributed by atoms with Crippen LogP contribution in [0.25, 0.3) is 0 Å². The van der Waals surface area contributed by atoms with Crippen LogP contribution in [0.15, 0.2) is 12.1 Å². The number of hydrogen-bond acceptors (Lipinski definition) is 2. The topological polar surface area (TPSA) is 33.1 Å². The minimum atomic E-state index is -0.567. The van der Waals surface area contributed by atoms with Crippen LogP contribution in [0.4, 0.5) is 4.39 Å². The number of aromatic hydroxyl groups is 1. The second-order valence-electron chi connectivity index (χ2n) is 1.26. The van der Waals surface area contributed by atoms with E-state index in [9.17, 15) is 4.39 Å². The summed E-state index contributed by atoms with van der Waals surface area (Å²) in [5.41, 5.74) is 0. The zero-order valence-corrected chi connectivity index (χ0v) is 3.93. The van der Waals surface area contributed by atoms with Crippen molar-refractivity contribution >= 4 is 0 Å². The zero-order valence-electron chi connectivity index (χ0n) is 3.93. The molecule has 0 atom stereocenters. The van der Waals surface area contributed by atoms with Crippen LogP contribution >= 0.6 is 0 Å². The molecule has 0 aliphatic carbocycles. The Morgan fingerprint density at radius 1 is 1.62 bits per heavy atom. The molecule has 8 heavy (non-hydrogen) atoms. The fourth-order valence-electron chi connectivity index (χ4n) is 0.333. The van der Waals surface area contributed by atoms with Crippen molar-refractivity contribution in [1.29, 1.82) is 0 Å². The average Bonchev–Trinajstić information content (AvgIpc) is 1.77.